The van der Waals surface area contributed by atoms with E-state index >= 15 is 0 Å². The molecule has 0 spiro atoms. The van der Waals surface area contributed by atoms with Crippen molar-refractivity contribution in [3.63, 3.8) is 0 Å². The van der Waals surface area contributed by atoms with Crippen molar-refractivity contribution < 1.29 is 9.32 Å². The molecule has 3 aromatic rings. The smallest absolute Gasteiger partial charge is 0.257 e. The second kappa shape index (κ2) is 8.31. The van der Waals surface area contributed by atoms with Crippen LogP contribution in [0.1, 0.15) is 16.2 Å². The number of halogens is 2. The molecule has 1 fully saturated rings. The van der Waals surface area contributed by atoms with E-state index in [2.05, 4.69) is 15.0 Å². The first kappa shape index (κ1) is 18.9. The fourth-order valence-corrected chi connectivity index (χ4v) is 3.71. The van der Waals surface area contributed by atoms with Crippen LogP contribution in [0.25, 0.3) is 11.5 Å². The van der Waals surface area contributed by atoms with Gasteiger partial charge in [0.15, 0.2) is 5.82 Å². The van der Waals surface area contributed by atoms with Gasteiger partial charge in [0.25, 0.3) is 11.8 Å². The third-order valence-electron chi connectivity index (χ3n) is 4.62. The van der Waals surface area contributed by atoms with Gasteiger partial charge >= 0.3 is 0 Å². The molecule has 4 rings (SSSR count). The van der Waals surface area contributed by atoms with Crippen molar-refractivity contribution >= 4 is 29.1 Å². The van der Waals surface area contributed by atoms with Crippen LogP contribution in [-0.4, -0.2) is 52.0 Å². The van der Waals surface area contributed by atoms with E-state index < -0.39 is 0 Å². The van der Waals surface area contributed by atoms with Crippen LogP contribution in [0.2, 0.25) is 10.0 Å². The fraction of sp³-hybridized carbons (Fsp3) is 0.250. The minimum absolute atomic E-state index is 0.0602. The Hall–Kier alpha value is -2.41. The molecule has 28 heavy (non-hydrogen) atoms. The van der Waals surface area contributed by atoms with Crippen LogP contribution < -0.4 is 0 Å². The zero-order valence-corrected chi connectivity index (χ0v) is 16.5. The number of rotatable bonds is 4. The molecule has 0 radical (unpaired) electrons. The molecule has 0 bridgehead atoms. The number of benzene rings is 2. The molecule has 0 atom stereocenters. The fourth-order valence-electron chi connectivity index (χ4n) is 3.19. The second-order valence-corrected chi connectivity index (χ2v) is 7.48. The first-order valence-corrected chi connectivity index (χ1v) is 9.70. The highest BCUT2D eigenvalue weighted by atomic mass is 35.5. The maximum atomic E-state index is 12.7. The summed E-state index contributed by atoms with van der Waals surface area (Å²) in [6.45, 7) is 3.28. The van der Waals surface area contributed by atoms with Crippen molar-refractivity contribution in [1.29, 1.82) is 0 Å². The van der Waals surface area contributed by atoms with Gasteiger partial charge in [0.05, 0.1) is 6.54 Å². The van der Waals surface area contributed by atoms with Crippen molar-refractivity contribution in [1.82, 2.24) is 19.9 Å². The van der Waals surface area contributed by atoms with E-state index in [0.29, 0.717) is 47.0 Å². The number of aromatic nitrogens is 2. The molecule has 0 unspecified atom stereocenters. The van der Waals surface area contributed by atoms with E-state index in [1.165, 1.54) is 0 Å². The maximum absolute atomic E-state index is 12.7. The molecule has 2 heterocycles. The van der Waals surface area contributed by atoms with Crippen LogP contribution in [0, 0.1) is 0 Å². The predicted molar refractivity (Wildman–Crippen MR) is 107 cm³/mol. The summed E-state index contributed by atoms with van der Waals surface area (Å²) in [6.07, 6.45) is 0. The van der Waals surface area contributed by atoms with Gasteiger partial charge in [-0.2, -0.15) is 4.98 Å². The first-order valence-electron chi connectivity index (χ1n) is 8.94. The van der Waals surface area contributed by atoms with E-state index in [1.807, 2.05) is 35.2 Å². The highest BCUT2D eigenvalue weighted by Crippen LogP contribution is 2.21. The first-order chi connectivity index (χ1) is 13.6. The molecule has 8 heteroatoms. The van der Waals surface area contributed by atoms with Gasteiger partial charge in [-0.15, -0.1) is 0 Å². The Labute approximate surface area is 172 Å². The molecule has 1 aliphatic rings. The third kappa shape index (κ3) is 4.35. The molecule has 6 nitrogen and oxygen atoms in total. The molecule has 1 aliphatic heterocycles. The van der Waals surface area contributed by atoms with Crippen molar-refractivity contribution in [3.8, 4) is 11.5 Å². The summed E-state index contributed by atoms with van der Waals surface area (Å²) in [5.74, 6) is 1.09. The Morgan fingerprint density at radius 2 is 1.68 bits per heavy atom. The second-order valence-electron chi connectivity index (χ2n) is 6.61. The van der Waals surface area contributed by atoms with E-state index in [0.717, 1.165) is 18.7 Å². The Morgan fingerprint density at radius 1 is 1.00 bits per heavy atom. The number of nitrogens with zero attached hydrogens (tertiary/aromatic N) is 4. The molecule has 144 valence electrons. The van der Waals surface area contributed by atoms with E-state index in [-0.39, 0.29) is 5.91 Å². The number of amides is 1. The number of hydrogen-bond acceptors (Lipinski definition) is 5. The Morgan fingerprint density at radius 3 is 2.36 bits per heavy atom. The van der Waals surface area contributed by atoms with E-state index in [9.17, 15) is 4.79 Å². The summed E-state index contributed by atoms with van der Waals surface area (Å²) >= 11 is 12.0. The largest absolute Gasteiger partial charge is 0.336 e. The summed E-state index contributed by atoms with van der Waals surface area (Å²) in [5.41, 5.74) is 1.41. The minimum atomic E-state index is -0.0602. The maximum Gasteiger partial charge on any atom is 0.257 e. The Kier molecular flexibility index (Phi) is 5.62. The standard InChI is InChI=1S/C20H18Cl2N4O2/c21-16-10-15(11-17(22)12-16)20(27)26-8-6-25(7-9-26)13-18-23-19(28-24-18)14-4-2-1-3-5-14/h1-5,10-12H,6-9,13H2. The third-order valence-corrected chi connectivity index (χ3v) is 5.06. The SMILES string of the molecule is O=C(c1cc(Cl)cc(Cl)c1)N1CCN(Cc2noc(-c3ccccc3)n2)CC1. The lowest BCUT2D eigenvalue weighted by atomic mass is 10.2. The van der Waals surface area contributed by atoms with Gasteiger partial charge in [0, 0.05) is 47.4 Å². The molecular weight excluding hydrogens is 399 g/mol. The Bertz CT molecular complexity index is 949. The van der Waals surface area contributed by atoms with Gasteiger partial charge < -0.3 is 9.42 Å². The normalized spacial score (nSPS) is 15.0. The molecule has 1 amide bonds. The number of hydrogen-bond donors (Lipinski definition) is 0. The molecule has 0 aliphatic carbocycles. The van der Waals surface area contributed by atoms with Gasteiger partial charge in [-0.25, -0.2) is 0 Å². The summed E-state index contributed by atoms with van der Waals surface area (Å²) in [7, 11) is 0. The van der Waals surface area contributed by atoms with E-state index in [4.69, 9.17) is 27.7 Å². The average Bonchev–Trinajstić information content (AvgIpc) is 3.16. The van der Waals surface area contributed by atoms with E-state index in [1.54, 1.807) is 18.2 Å². The quantitative estimate of drug-likeness (QED) is 0.642. The van der Waals surface area contributed by atoms with Crippen LogP contribution in [0.5, 0.6) is 0 Å². The molecular formula is C20H18Cl2N4O2. The summed E-state index contributed by atoms with van der Waals surface area (Å²) in [5, 5.41) is 4.99. The lowest BCUT2D eigenvalue weighted by molar-refractivity contribution is 0.0624. The minimum Gasteiger partial charge on any atom is -0.336 e. The van der Waals surface area contributed by atoms with Crippen molar-refractivity contribution in [3.05, 3.63) is 70.0 Å². The number of carbonyl (C=O) groups is 1. The molecule has 2 aromatic carbocycles. The van der Waals surface area contributed by atoms with Crippen LogP contribution in [-0.2, 0) is 6.54 Å². The molecule has 0 saturated carbocycles. The van der Waals surface area contributed by atoms with Gasteiger partial charge in [0.2, 0.25) is 0 Å². The highest BCUT2D eigenvalue weighted by Gasteiger charge is 2.23. The van der Waals surface area contributed by atoms with Crippen molar-refractivity contribution in [2.24, 2.45) is 0 Å². The number of carbonyl (C=O) groups excluding carboxylic acids is 1. The van der Waals surface area contributed by atoms with Gasteiger partial charge in [-0.1, -0.05) is 46.6 Å². The highest BCUT2D eigenvalue weighted by molar-refractivity contribution is 6.35. The van der Waals surface area contributed by atoms with Crippen molar-refractivity contribution in [2.45, 2.75) is 6.54 Å². The lowest BCUT2D eigenvalue weighted by Gasteiger charge is -2.34. The molecule has 1 aromatic heterocycles. The summed E-state index contributed by atoms with van der Waals surface area (Å²) in [6, 6.07) is 14.6. The van der Waals surface area contributed by atoms with Crippen LogP contribution in [0.15, 0.2) is 53.1 Å². The van der Waals surface area contributed by atoms with Crippen LogP contribution >= 0.6 is 23.2 Å². The molecule has 1 saturated heterocycles. The Balaban J connectivity index is 1.34. The zero-order chi connectivity index (χ0) is 19.5. The zero-order valence-electron chi connectivity index (χ0n) is 15.0. The van der Waals surface area contributed by atoms with Crippen molar-refractivity contribution in [2.75, 3.05) is 26.2 Å². The molecule has 0 N–H and O–H groups in total. The average molecular weight is 417 g/mol. The van der Waals surface area contributed by atoms with Gasteiger partial charge in [0.1, 0.15) is 0 Å². The number of piperazine rings is 1. The topological polar surface area (TPSA) is 62.5 Å². The summed E-state index contributed by atoms with van der Waals surface area (Å²) in [4.78, 5) is 21.2. The van der Waals surface area contributed by atoms with Crippen LogP contribution in [0.3, 0.4) is 0 Å². The lowest BCUT2D eigenvalue weighted by Crippen LogP contribution is -2.48. The monoisotopic (exact) mass is 416 g/mol. The van der Waals surface area contributed by atoms with Crippen LogP contribution in [0.4, 0.5) is 0 Å². The summed E-state index contributed by atoms with van der Waals surface area (Å²) < 4.78 is 5.35. The van der Waals surface area contributed by atoms with Gasteiger partial charge in [-0.05, 0) is 30.3 Å². The predicted octanol–water partition coefficient (Wildman–Crippen LogP) is 4.00. The van der Waals surface area contributed by atoms with Gasteiger partial charge in [-0.3, -0.25) is 9.69 Å².